The molecule has 0 aromatic heterocycles. The largest absolute Gasteiger partial charge is 0.500 e. The summed E-state index contributed by atoms with van der Waals surface area (Å²) in [7, 11) is 11.7. The van der Waals surface area contributed by atoms with Gasteiger partial charge in [-0.3, -0.25) is 0 Å². The molecule has 0 saturated carbocycles. The van der Waals surface area contributed by atoms with E-state index in [2.05, 4.69) is 9.80 Å². The lowest BCUT2D eigenvalue weighted by molar-refractivity contribution is -0.0276. The highest BCUT2D eigenvalue weighted by Crippen LogP contribution is 2.24. The molecule has 2 unspecified atom stereocenters. The van der Waals surface area contributed by atoms with Gasteiger partial charge in [-0.1, -0.05) is 0 Å². The van der Waals surface area contributed by atoms with Crippen molar-refractivity contribution in [2.24, 2.45) is 0 Å². The molecule has 2 atom stereocenters. The third-order valence-electron chi connectivity index (χ3n) is 12.6. The molecule has 23 nitrogen and oxygen atoms in total. The van der Waals surface area contributed by atoms with Gasteiger partial charge in [0.15, 0.2) is 0 Å². The van der Waals surface area contributed by atoms with Crippen LogP contribution in [0.3, 0.4) is 0 Å². The Morgan fingerprint density at radius 2 is 0.814 bits per heavy atom. The van der Waals surface area contributed by atoms with E-state index in [0.717, 1.165) is 76.4 Å². The number of nitrogens with zero attached hydrogens (tertiary/aromatic N) is 2. The first-order chi connectivity index (χ1) is 33.6. The van der Waals surface area contributed by atoms with Crippen LogP contribution in [0.15, 0.2) is 0 Å². The normalized spacial score (nSPS) is 16.9. The van der Waals surface area contributed by atoms with E-state index in [9.17, 15) is 5.11 Å². The number of aliphatic hydroxyl groups is 1. The fraction of sp³-hybridized carbons (Fsp3) is 1.00. The molecule has 29 heteroatoms. The average molecular weight is 1120 g/mol. The summed E-state index contributed by atoms with van der Waals surface area (Å²) in [6.45, 7) is 6.17. The minimum atomic E-state index is -2.71. The van der Waals surface area contributed by atoms with Crippen molar-refractivity contribution >= 4 is 52.8 Å². The molecule has 0 aromatic carbocycles. The maximum absolute atomic E-state index is 10.6. The average Bonchev–Trinajstić information content (AvgIpc) is 3.39. The maximum atomic E-state index is 10.6. The standard InChI is InChI=1S/C21H51NO11Si3.C20H47NO10Si3/c1-24-34(25-2,26-3)16-10-13-22(14-11-17-35(27-4,28-5)29-6)19-21(23)20-33-15-12-18-36(30-7,31-8)32-9;1-22-32(23-2,24-3)15-9-12-21(13-10-16-33(25-4,26-5)27-6)18-20-19-30-14-11-17-34(28-7,29-8)31-20/h21,23H,10-20H2,1-9H3;20H,9-19H2,1-8H3. The maximum Gasteiger partial charge on any atom is 0.500 e. The predicted molar refractivity (Wildman–Crippen MR) is 276 cm³/mol. The highest BCUT2D eigenvalue weighted by atomic mass is 28.4. The summed E-state index contributed by atoms with van der Waals surface area (Å²) in [6, 6.07) is 4.18. The van der Waals surface area contributed by atoms with Crippen LogP contribution in [-0.4, -0.2) is 267 Å². The molecule has 0 aromatic rings. The van der Waals surface area contributed by atoms with Crippen LogP contribution < -0.4 is 0 Å². The van der Waals surface area contributed by atoms with Gasteiger partial charge in [-0.2, -0.15) is 0 Å². The number of rotatable bonds is 43. The zero-order chi connectivity index (χ0) is 53.0. The number of hydrogen-bond acceptors (Lipinski definition) is 23. The molecule has 0 amide bonds. The van der Waals surface area contributed by atoms with Gasteiger partial charge in [0.25, 0.3) is 0 Å². The van der Waals surface area contributed by atoms with Gasteiger partial charge in [0.2, 0.25) is 0 Å². The van der Waals surface area contributed by atoms with E-state index in [1.165, 1.54) is 0 Å². The van der Waals surface area contributed by atoms with E-state index < -0.39 is 58.9 Å². The van der Waals surface area contributed by atoms with Crippen molar-refractivity contribution in [3.8, 4) is 0 Å². The first-order valence-electron chi connectivity index (χ1n) is 23.9. The van der Waals surface area contributed by atoms with E-state index in [1.807, 2.05) is 0 Å². The lowest BCUT2D eigenvalue weighted by Crippen LogP contribution is -2.52. The summed E-state index contributed by atoms with van der Waals surface area (Å²) in [5.41, 5.74) is 0. The number of ether oxygens (including phenoxy) is 2. The van der Waals surface area contributed by atoms with Crippen molar-refractivity contribution in [2.75, 3.05) is 187 Å². The molecule has 0 aliphatic carbocycles. The van der Waals surface area contributed by atoms with Crippen LogP contribution in [0, 0.1) is 0 Å². The van der Waals surface area contributed by atoms with Crippen LogP contribution in [0.2, 0.25) is 36.3 Å². The fourth-order valence-electron chi connectivity index (χ4n) is 8.12. The summed E-state index contributed by atoms with van der Waals surface area (Å²) in [6.07, 6.45) is 4.09. The lowest BCUT2D eigenvalue weighted by Gasteiger charge is -2.36. The molecule has 1 aliphatic heterocycles. The third kappa shape index (κ3) is 25.5. The summed E-state index contributed by atoms with van der Waals surface area (Å²) < 4.78 is 112. The van der Waals surface area contributed by atoms with Crippen LogP contribution in [-0.2, 0) is 89.1 Å². The molecule has 1 fully saturated rings. The van der Waals surface area contributed by atoms with Crippen LogP contribution in [0.4, 0.5) is 0 Å². The van der Waals surface area contributed by atoms with E-state index in [1.54, 1.807) is 121 Å². The highest BCUT2D eigenvalue weighted by molar-refractivity contribution is 6.62. The predicted octanol–water partition coefficient (Wildman–Crippen LogP) is 3.33. The Morgan fingerprint density at radius 1 is 0.486 bits per heavy atom. The quantitative estimate of drug-likeness (QED) is 0.0686. The molecular weight excluding hydrogens is 1020 g/mol. The smallest absolute Gasteiger partial charge is 0.389 e. The second kappa shape index (κ2) is 39.7. The summed E-state index contributed by atoms with van der Waals surface area (Å²) in [5.74, 6) is 0. The fourth-order valence-corrected chi connectivity index (χ4v) is 18.7. The minimum Gasteiger partial charge on any atom is -0.389 e. The highest BCUT2D eigenvalue weighted by Gasteiger charge is 2.44. The Balaban J connectivity index is 0.00000136. The zero-order valence-corrected chi connectivity index (χ0v) is 52.2. The molecule has 0 bridgehead atoms. The number of hydrogen-bond donors (Lipinski definition) is 1. The Bertz CT molecular complexity index is 1140. The molecule has 70 heavy (non-hydrogen) atoms. The van der Waals surface area contributed by atoms with Crippen molar-refractivity contribution < 1.29 is 94.2 Å². The summed E-state index contributed by atoms with van der Waals surface area (Å²) >= 11 is 0. The van der Waals surface area contributed by atoms with E-state index in [4.69, 9.17) is 89.1 Å². The van der Waals surface area contributed by atoms with Crippen molar-refractivity contribution in [1.29, 1.82) is 0 Å². The summed E-state index contributed by atoms with van der Waals surface area (Å²) in [4.78, 5) is 4.56. The molecular formula is C41H98N2O21Si6. The Labute approximate surface area is 428 Å². The third-order valence-corrected chi connectivity index (χ3v) is 29.6. The van der Waals surface area contributed by atoms with Crippen LogP contribution >= 0.6 is 0 Å². The van der Waals surface area contributed by atoms with E-state index in [-0.39, 0.29) is 12.7 Å². The van der Waals surface area contributed by atoms with Crippen molar-refractivity contribution in [2.45, 2.75) is 87.0 Å². The zero-order valence-electron chi connectivity index (χ0n) is 46.2. The molecule has 1 aliphatic rings. The molecule has 0 radical (unpaired) electrons. The molecule has 1 saturated heterocycles. The molecule has 1 N–H and O–H groups in total. The van der Waals surface area contributed by atoms with Gasteiger partial charge >= 0.3 is 52.8 Å². The topological polar surface area (TPSA) is 211 Å². The lowest BCUT2D eigenvalue weighted by atomic mass is 10.3. The summed E-state index contributed by atoms with van der Waals surface area (Å²) in [5, 5.41) is 10.6. The van der Waals surface area contributed by atoms with Gasteiger partial charge in [0.05, 0.1) is 25.4 Å². The second-order valence-electron chi connectivity index (χ2n) is 16.3. The van der Waals surface area contributed by atoms with Gasteiger partial charge in [-0.15, -0.1) is 0 Å². The van der Waals surface area contributed by atoms with Crippen molar-refractivity contribution in [3.63, 3.8) is 0 Å². The first kappa shape index (κ1) is 70.4. The van der Waals surface area contributed by atoms with Gasteiger partial charge in [-0.25, -0.2) is 0 Å². The Kier molecular flexibility index (Phi) is 39.9. The van der Waals surface area contributed by atoms with Gasteiger partial charge in [-0.05, 0) is 64.7 Å². The Hall–Kier alpha value is 0.381. The molecule has 1 heterocycles. The van der Waals surface area contributed by atoms with Gasteiger partial charge in [0.1, 0.15) is 0 Å². The second-order valence-corrected chi connectivity index (χ2v) is 34.7. The molecule has 1 rings (SSSR count). The van der Waals surface area contributed by atoms with Gasteiger partial charge in [0, 0.05) is 183 Å². The van der Waals surface area contributed by atoms with Crippen LogP contribution in [0.25, 0.3) is 0 Å². The van der Waals surface area contributed by atoms with Crippen molar-refractivity contribution in [1.82, 2.24) is 9.80 Å². The monoisotopic (exact) mass is 1120 g/mol. The minimum absolute atomic E-state index is 0.157. The molecule has 0 spiro atoms. The number of aliphatic hydroxyl groups excluding tert-OH is 1. The van der Waals surface area contributed by atoms with Crippen molar-refractivity contribution in [3.05, 3.63) is 0 Å². The first-order valence-corrected chi connectivity index (χ1v) is 35.5. The van der Waals surface area contributed by atoms with E-state index in [0.29, 0.717) is 57.5 Å². The van der Waals surface area contributed by atoms with Crippen LogP contribution in [0.1, 0.15) is 38.5 Å². The SMILES string of the molecule is CO[Si](CCCN(CCC[Si](OC)(OC)OC)CC1COCCC[Si](OC)(OC)O1)(OC)OC.CO[Si](CCCOCC(O)CN(CCC[Si](OC)(OC)OC)CCC[Si](OC)(OC)OC)(OC)OC. The molecule has 422 valence electrons. The van der Waals surface area contributed by atoms with E-state index >= 15 is 0 Å². The Morgan fingerprint density at radius 3 is 1.14 bits per heavy atom. The van der Waals surface area contributed by atoms with Gasteiger partial charge < -0.3 is 104 Å². The van der Waals surface area contributed by atoms with Crippen LogP contribution in [0.5, 0.6) is 0 Å².